The Labute approximate surface area is 134 Å². The zero-order chi connectivity index (χ0) is 15.8. The van der Waals surface area contributed by atoms with Gasteiger partial charge in [-0.1, -0.05) is 49.7 Å². The molecule has 2 heteroatoms. The number of benzene rings is 2. The minimum Gasteiger partial charge on any atom is -0.494 e. The van der Waals surface area contributed by atoms with Crippen LogP contribution in [0.5, 0.6) is 5.75 Å². The van der Waals surface area contributed by atoms with Gasteiger partial charge in [0.1, 0.15) is 5.75 Å². The molecule has 1 atom stereocenters. The molecule has 2 nitrogen and oxygen atoms in total. The van der Waals surface area contributed by atoms with E-state index >= 15 is 0 Å². The molecule has 0 aliphatic rings. The highest BCUT2D eigenvalue weighted by atomic mass is 16.5. The third-order valence-corrected chi connectivity index (χ3v) is 3.75. The third kappa shape index (κ3) is 4.60. The van der Waals surface area contributed by atoms with Crippen LogP contribution in [-0.2, 0) is 4.74 Å². The van der Waals surface area contributed by atoms with Gasteiger partial charge in [0.25, 0.3) is 0 Å². The second-order valence-electron chi connectivity index (χ2n) is 5.45. The van der Waals surface area contributed by atoms with E-state index in [4.69, 9.17) is 9.47 Å². The first kappa shape index (κ1) is 16.6. The lowest BCUT2D eigenvalue weighted by Crippen LogP contribution is -1.99. The number of rotatable bonds is 8. The van der Waals surface area contributed by atoms with Gasteiger partial charge in [0.2, 0.25) is 0 Å². The monoisotopic (exact) mass is 298 g/mol. The highest BCUT2D eigenvalue weighted by Crippen LogP contribution is 2.25. The maximum atomic E-state index is 5.70. The minimum absolute atomic E-state index is 0.147. The van der Waals surface area contributed by atoms with Gasteiger partial charge in [0, 0.05) is 6.61 Å². The molecule has 0 bridgehead atoms. The Morgan fingerprint density at radius 3 is 2.00 bits per heavy atom. The molecule has 2 aromatic rings. The first-order chi connectivity index (χ1) is 10.7. The molecular weight excluding hydrogens is 272 g/mol. The lowest BCUT2D eigenvalue weighted by atomic mass is 10.0. The van der Waals surface area contributed by atoms with Gasteiger partial charge >= 0.3 is 0 Å². The maximum Gasteiger partial charge on any atom is 0.119 e. The van der Waals surface area contributed by atoms with E-state index in [2.05, 4.69) is 50.2 Å². The standard InChI is InChI=1S/C20H26O2/c1-4-6-15-22-20-13-11-19(12-14-20)18-9-7-17(8-10-18)16(3)21-5-2/h7-14,16H,4-6,15H2,1-3H3. The molecule has 0 radical (unpaired) electrons. The summed E-state index contributed by atoms with van der Waals surface area (Å²) < 4.78 is 11.3. The predicted molar refractivity (Wildman–Crippen MR) is 92.3 cm³/mol. The Bertz CT molecular complexity index is 543. The second kappa shape index (κ2) is 8.60. The van der Waals surface area contributed by atoms with Gasteiger partial charge in [-0.15, -0.1) is 0 Å². The van der Waals surface area contributed by atoms with Crippen molar-refractivity contribution in [1.29, 1.82) is 0 Å². The average Bonchev–Trinajstić information content (AvgIpc) is 2.56. The fourth-order valence-electron chi connectivity index (χ4n) is 2.37. The molecule has 0 saturated heterocycles. The first-order valence-corrected chi connectivity index (χ1v) is 8.19. The number of hydrogen-bond acceptors (Lipinski definition) is 2. The molecule has 0 aliphatic carbocycles. The average molecular weight is 298 g/mol. The highest BCUT2D eigenvalue weighted by Gasteiger charge is 2.05. The van der Waals surface area contributed by atoms with Crippen LogP contribution in [0.25, 0.3) is 11.1 Å². The Hall–Kier alpha value is -1.80. The smallest absolute Gasteiger partial charge is 0.119 e. The van der Waals surface area contributed by atoms with E-state index in [1.165, 1.54) is 16.7 Å². The topological polar surface area (TPSA) is 18.5 Å². The van der Waals surface area contributed by atoms with Crippen LogP contribution in [-0.4, -0.2) is 13.2 Å². The van der Waals surface area contributed by atoms with Gasteiger partial charge in [0.15, 0.2) is 0 Å². The summed E-state index contributed by atoms with van der Waals surface area (Å²) in [7, 11) is 0. The van der Waals surface area contributed by atoms with Gasteiger partial charge < -0.3 is 9.47 Å². The van der Waals surface area contributed by atoms with Crippen molar-refractivity contribution in [3.63, 3.8) is 0 Å². The number of unbranched alkanes of at least 4 members (excludes halogenated alkanes) is 1. The van der Waals surface area contributed by atoms with Crippen molar-refractivity contribution in [2.75, 3.05) is 13.2 Å². The van der Waals surface area contributed by atoms with E-state index in [-0.39, 0.29) is 6.10 Å². The van der Waals surface area contributed by atoms with Crippen LogP contribution in [0, 0.1) is 0 Å². The van der Waals surface area contributed by atoms with Gasteiger partial charge in [-0.05, 0) is 49.1 Å². The van der Waals surface area contributed by atoms with Crippen LogP contribution in [0.4, 0.5) is 0 Å². The van der Waals surface area contributed by atoms with Crippen molar-refractivity contribution in [2.24, 2.45) is 0 Å². The maximum absolute atomic E-state index is 5.70. The zero-order valence-electron chi connectivity index (χ0n) is 13.8. The van der Waals surface area contributed by atoms with Crippen LogP contribution in [0.2, 0.25) is 0 Å². The minimum atomic E-state index is 0.147. The summed E-state index contributed by atoms with van der Waals surface area (Å²) in [5, 5.41) is 0. The van der Waals surface area contributed by atoms with E-state index < -0.39 is 0 Å². The SMILES string of the molecule is CCCCOc1ccc(-c2ccc(C(C)OCC)cc2)cc1. The van der Waals surface area contributed by atoms with E-state index in [1.807, 2.05) is 19.1 Å². The zero-order valence-corrected chi connectivity index (χ0v) is 13.8. The van der Waals surface area contributed by atoms with Crippen molar-refractivity contribution < 1.29 is 9.47 Å². The number of ether oxygens (including phenoxy) is 2. The predicted octanol–water partition coefficient (Wildman–Crippen LogP) is 5.63. The Balaban J connectivity index is 2.02. The molecule has 0 heterocycles. The molecule has 0 aromatic heterocycles. The van der Waals surface area contributed by atoms with Crippen molar-refractivity contribution in [3.8, 4) is 16.9 Å². The molecule has 0 aliphatic heterocycles. The Morgan fingerprint density at radius 1 is 0.864 bits per heavy atom. The summed E-state index contributed by atoms with van der Waals surface area (Å²) in [6.45, 7) is 7.81. The summed E-state index contributed by atoms with van der Waals surface area (Å²) in [4.78, 5) is 0. The highest BCUT2D eigenvalue weighted by molar-refractivity contribution is 5.64. The molecule has 0 N–H and O–H groups in total. The first-order valence-electron chi connectivity index (χ1n) is 8.19. The van der Waals surface area contributed by atoms with Crippen molar-refractivity contribution in [1.82, 2.24) is 0 Å². The summed E-state index contributed by atoms with van der Waals surface area (Å²) in [5.74, 6) is 0.943. The van der Waals surface area contributed by atoms with Crippen LogP contribution >= 0.6 is 0 Å². The lowest BCUT2D eigenvalue weighted by molar-refractivity contribution is 0.0764. The number of hydrogen-bond donors (Lipinski definition) is 0. The molecule has 0 fully saturated rings. The molecule has 0 saturated carbocycles. The van der Waals surface area contributed by atoms with Crippen LogP contribution < -0.4 is 4.74 Å². The quantitative estimate of drug-likeness (QED) is 0.588. The van der Waals surface area contributed by atoms with Gasteiger partial charge in [-0.25, -0.2) is 0 Å². The fourth-order valence-corrected chi connectivity index (χ4v) is 2.37. The Morgan fingerprint density at radius 2 is 1.45 bits per heavy atom. The molecule has 0 amide bonds. The van der Waals surface area contributed by atoms with Crippen molar-refractivity contribution >= 4 is 0 Å². The molecule has 2 aromatic carbocycles. The van der Waals surface area contributed by atoms with Crippen LogP contribution in [0.1, 0.15) is 45.3 Å². The summed E-state index contributed by atoms with van der Waals surface area (Å²) in [6.07, 6.45) is 2.40. The third-order valence-electron chi connectivity index (χ3n) is 3.75. The van der Waals surface area contributed by atoms with Crippen LogP contribution in [0.15, 0.2) is 48.5 Å². The van der Waals surface area contributed by atoms with Gasteiger partial charge in [-0.2, -0.15) is 0 Å². The molecule has 0 spiro atoms. The lowest BCUT2D eigenvalue weighted by Gasteiger charge is -2.12. The van der Waals surface area contributed by atoms with Crippen LogP contribution in [0.3, 0.4) is 0 Å². The summed E-state index contributed by atoms with van der Waals surface area (Å²) in [5.41, 5.74) is 3.64. The molecule has 2 rings (SSSR count). The normalized spacial score (nSPS) is 12.1. The van der Waals surface area contributed by atoms with Crippen molar-refractivity contribution in [2.45, 2.75) is 39.7 Å². The Kier molecular flexibility index (Phi) is 6.47. The summed E-state index contributed by atoms with van der Waals surface area (Å²) in [6, 6.07) is 16.9. The van der Waals surface area contributed by atoms with Gasteiger partial charge in [-0.3, -0.25) is 0 Å². The largest absolute Gasteiger partial charge is 0.494 e. The molecule has 22 heavy (non-hydrogen) atoms. The van der Waals surface area contributed by atoms with E-state index in [9.17, 15) is 0 Å². The fraction of sp³-hybridized carbons (Fsp3) is 0.400. The molecular formula is C20H26O2. The molecule has 1 unspecified atom stereocenters. The van der Waals surface area contributed by atoms with E-state index in [0.717, 1.165) is 31.8 Å². The van der Waals surface area contributed by atoms with Gasteiger partial charge in [0.05, 0.1) is 12.7 Å². The van der Waals surface area contributed by atoms with Crippen molar-refractivity contribution in [3.05, 3.63) is 54.1 Å². The molecule has 118 valence electrons. The second-order valence-corrected chi connectivity index (χ2v) is 5.45. The summed E-state index contributed by atoms with van der Waals surface area (Å²) >= 11 is 0. The van der Waals surface area contributed by atoms with E-state index in [0.29, 0.717) is 0 Å². The van der Waals surface area contributed by atoms with E-state index in [1.54, 1.807) is 0 Å².